The Balaban J connectivity index is 1.80. The fourth-order valence-electron chi connectivity index (χ4n) is 2.36. The van der Waals surface area contributed by atoms with Gasteiger partial charge < -0.3 is 9.64 Å². The van der Waals surface area contributed by atoms with E-state index in [0.717, 1.165) is 0 Å². The van der Waals surface area contributed by atoms with Gasteiger partial charge in [-0.15, -0.1) is 0 Å². The van der Waals surface area contributed by atoms with Crippen LogP contribution in [0, 0.1) is 0 Å². The second kappa shape index (κ2) is 6.80. The standard InChI is InChI=1S/C16H15ClN2O4S/c17-12-2-1-3-13(10-12)18-24(21,22)15-6-4-14(5-7-15)19-8-9-23-11-16(19)20/h1-7,10,18H,8-9,11H2. The van der Waals surface area contributed by atoms with Crippen LogP contribution in [0.1, 0.15) is 0 Å². The van der Waals surface area contributed by atoms with Crippen molar-refractivity contribution in [1.82, 2.24) is 0 Å². The van der Waals surface area contributed by atoms with Crippen LogP contribution in [0.25, 0.3) is 0 Å². The van der Waals surface area contributed by atoms with Crippen LogP contribution in [0.4, 0.5) is 11.4 Å². The van der Waals surface area contributed by atoms with Crippen LogP contribution in [0.5, 0.6) is 0 Å². The molecule has 24 heavy (non-hydrogen) atoms. The van der Waals surface area contributed by atoms with Crippen LogP contribution in [0.15, 0.2) is 53.4 Å². The summed E-state index contributed by atoms with van der Waals surface area (Å²) in [5.74, 6) is -0.145. The van der Waals surface area contributed by atoms with E-state index in [4.69, 9.17) is 16.3 Å². The van der Waals surface area contributed by atoms with Gasteiger partial charge in [0.25, 0.3) is 15.9 Å². The molecule has 3 rings (SSSR count). The van der Waals surface area contributed by atoms with E-state index in [2.05, 4.69) is 4.72 Å². The summed E-state index contributed by atoms with van der Waals surface area (Å²) in [4.78, 5) is 13.5. The minimum Gasteiger partial charge on any atom is -0.370 e. The van der Waals surface area contributed by atoms with Crippen LogP contribution in [-0.4, -0.2) is 34.1 Å². The first-order chi connectivity index (χ1) is 11.5. The van der Waals surface area contributed by atoms with E-state index in [1.165, 1.54) is 18.2 Å². The lowest BCUT2D eigenvalue weighted by molar-refractivity contribution is -0.125. The molecule has 1 fully saturated rings. The third-order valence-electron chi connectivity index (χ3n) is 3.52. The van der Waals surface area contributed by atoms with Crippen LogP contribution in [-0.2, 0) is 19.6 Å². The van der Waals surface area contributed by atoms with Gasteiger partial charge in [-0.2, -0.15) is 0 Å². The molecule has 2 aromatic rings. The molecule has 0 atom stereocenters. The van der Waals surface area contributed by atoms with Crippen molar-refractivity contribution in [3.05, 3.63) is 53.6 Å². The maximum absolute atomic E-state index is 12.4. The van der Waals surface area contributed by atoms with E-state index >= 15 is 0 Å². The van der Waals surface area contributed by atoms with Gasteiger partial charge >= 0.3 is 0 Å². The average molecular weight is 367 g/mol. The summed E-state index contributed by atoms with van der Waals surface area (Å²) >= 11 is 5.86. The molecule has 0 spiro atoms. The zero-order valence-electron chi connectivity index (χ0n) is 12.6. The molecule has 1 heterocycles. The third-order valence-corrected chi connectivity index (χ3v) is 5.15. The van der Waals surface area contributed by atoms with Crippen LogP contribution >= 0.6 is 11.6 Å². The number of sulfonamides is 1. The number of carbonyl (C=O) groups excluding carboxylic acids is 1. The number of nitrogens with one attached hydrogen (secondary N) is 1. The highest BCUT2D eigenvalue weighted by molar-refractivity contribution is 7.92. The Bertz CT molecular complexity index is 853. The van der Waals surface area contributed by atoms with Gasteiger partial charge in [-0.05, 0) is 42.5 Å². The second-order valence-electron chi connectivity index (χ2n) is 5.21. The number of nitrogens with zero attached hydrogens (tertiary/aromatic N) is 1. The number of amides is 1. The number of halogens is 1. The lowest BCUT2D eigenvalue weighted by Gasteiger charge is -2.26. The first-order valence-electron chi connectivity index (χ1n) is 7.22. The first-order valence-corrected chi connectivity index (χ1v) is 9.08. The van der Waals surface area contributed by atoms with Gasteiger partial charge in [0.1, 0.15) is 6.61 Å². The molecular weight excluding hydrogens is 352 g/mol. The summed E-state index contributed by atoms with van der Waals surface area (Å²) in [6.45, 7) is 0.949. The Hall–Kier alpha value is -2.09. The molecule has 8 heteroatoms. The molecule has 1 aliphatic rings. The molecule has 0 saturated carbocycles. The van der Waals surface area contributed by atoms with Crippen molar-refractivity contribution < 1.29 is 17.9 Å². The van der Waals surface area contributed by atoms with Crippen molar-refractivity contribution in [2.24, 2.45) is 0 Å². The van der Waals surface area contributed by atoms with E-state index in [9.17, 15) is 13.2 Å². The summed E-state index contributed by atoms with van der Waals surface area (Å²) in [5.41, 5.74) is 1.03. The fourth-order valence-corrected chi connectivity index (χ4v) is 3.60. The molecule has 6 nitrogen and oxygen atoms in total. The average Bonchev–Trinajstić information content (AvgIpc) is 2.55. The molecule has 0 aliphatic carbocycles. The Morgan fingerprint density at radius 2 is 1.88 bits per heavy atom. The monoisotopic (exact) mass is 366 g/mol. The minimum atomic E-state index is -3.73. The van der Waals surface area contributed by atoms with Gasteiger partial charge in [-0.1, -0.05) is 17.7 Å². The third kappa shape index (κ3) is 3.69. The van der Waals surface area contributed by atoms with Gasteiger partial charge in [0.05, 0.1) is 17.2 Å². The summed E-state index contributed by atoms with van der Waals surface area (Å²) < 4.78 is 32.4. The highest BCUT2D eigenvalue weighted by atomic mass is 35.5. The lowest BCUT2D eigenvalue weighted by atomic mass is 10.2. The molecule has 1 aliphatic heterocycles. The summed E-state index contributed by atoms with van der Waals surface area (Å²) in [5, 5.41) is 0.441. The Morgan fingerprint density at radius 1 is 1.12 bits per heavy atom. The smallest absolute Gasteiger partial charge is 0.261 e. The van der Waals surface area contributed by atoms with Crippen molar-refractivity contribution in [2.75, 3.05) is 29.4 Å². The molecule has 1 saturated heterocycles. The Labute approximate surface area is 145 Å². The SMILES string of the molecule is O=C1COCCN1c1ccc(S(=O)(=O)Nc2cccc(Cl)c2)cc1. The van der Waals surface area contributed by atoms with E-state index in [-0.39, 0.29) is 17.4 Å². The van der Waals surface area contributed by atoms with E-state index in [0.29, 0.717) is 29.5 Å². The zero-order valence-corrected chi connectivity index (χ0v) is 14.2. The van der Waals surface area contributed by atoms with Crippen LogP contribution < -0.4 is 9.62 Å². The molecule has 2 aromatic carbocycles. The predicted molar refractivity (Wildman–Crippen MR) is 91.9 cm³/mol. The number of benzene rings is 2. The number of hydrogen-bond acceptors (Lipinski definition) is 4. The molecule has 0 aromatic heterocycles. The van der Waals surface area contributed by atoms with Crippen LogP contribution in [0.3, 0.4) is 0 Å². The van der Waals surface area contributed by atoms with E-state index in [1.54, 1.807) is 35.2 Å². The number of rotatable bonds is 4. The Kier molecular flexibility index (Phi) is 4.75. The molecule has 0 bridgehead atoms. The number of carbonyl (C=O) groups is 1. The predicted octanol–water partition coefficient (Wildman–Crippen LogP) is 2.50. The summed E-state index contributed by atoms with van der Waals surface area (Å²) in [6.07, 6.45) is 0. The highest BCUT2D eigenvalue weighted by Gasteiger charge is 2.21. The molecule has 0 radical (unpaired) electrons. The lowest BCUT2D eigenvalue weighted by Crippen LogP contribution is -2.41. The van der Waals surface area contributed by atoms with Gasteiger partial charge in [-0.3, -0.25) is 9.52 Å². The zero-order chi connectivity index (χ0) is 17.2. The van der Waals surface area contributed by atoms with Crippen molar-refractivity contribution in [1.29, 1.82) is 0 Å². The van der Waals surface area contributed by atoms with Gasteiger partial charge in [-0.25, -0.2) is 8.42 Å². The first kappa shape index (κ1) is 16.8. The topological polar surface area (TPSA) is 75.7 Å². The molecular formula is C16H15ClN2O4S. The minimum absolute atomic E-state index is 0.0381. The van der Waals surface area contributed by atoms with Crippen molar-refractivity contribution in [2.45, 2.75) is 4.90 Å². The van der Waals surface area contributed by atoms with Crippen molar-refractivity contribution >= 4 is 38.9 Å². The van der Waals surface area contributed by atoms with Gasteiger partial charge in [0, 0.05) is 17.3 Å². The fraction of sp³-hybridized carbons (Fsp3) is 0.188. The quantitative estimate of drug-likeness (QED) is 0.902. The van der Waals surface area contributed by atoms with Crippen LogP contribution in [0.2, 0.25) is 5.02 Å². The largest absolute Gasteiger partial charge is 0.370 e. The van der Waals surface area contributed by atoms with Gasteiger partial charge in [0.15, 0.2) is 0 Å². The number of morpholine rings is 1. The van der Waals surface area contributed by atoms with Crippen molar-refractivity contribution in [3.63, 3.8) is 0 Å². The normalized spacial score (nSPS) is 15.4. The van der Waals surface area contributed by atoms with Gasteiger partial charge in [0.2, 0.25) is 0 Å². The van der Waals surface area contributed by atoms with Crippen molar-refractivity contribution in [3.8, 4) is 0 Å². The van der Waals surface area contributed by atoms with E-state index in [1.807, 2.05) is 0 Å². The molecule has 0 unspecified atom stereocenters. The second-order valence-corrected chi connectivity index (χ2v) is 7.33. The maximum Gasteiger partial charge on any atom is 0.261 e. The Morgan fingerprint density at radius 3 is 2.54 bits per heavy atom. The molecule has 126 valence electrons. The summed E-state index contributed by atoms with van der Waals surface area (Å²) in [6, 6.07) is 12.6. The number of anilines is 2. The van der Waals surface area contributed by atoms with E-state index < -0.39 is 10.0 Å². The molecule has 1 N–H and O–H groups in total. The highest BCUT2D eigenvalue weighted by Crippen LogP contribution is 2.22. The summed E-state index contributed by atoms with van der Waals surface area (Å²) in [7, 11) is -3.73. The maximum atomic E-state index is 12.4. The number of hydrogen-bond donors (Lipinski definition) is 1. The molecule has 1 amide bonds. The number of ether oxygens (including phenoxy) is 1.